The van der Waals surface area contributed by atoms with E-state index in [9.17, 15) is 15.0 Å². The van der Waals surface area contributed by atoms with E-state index in [-0.39, 0.29) is 24.1 Å². The lowest BCUT2D eigenvalue weighted by Crippen LogP contribution is -2.34. The smallest absolute Gasteiger partial charge is 0.317 e. The summed E-state index contributed by atoms with van der Waals surface area (Å²) in [5.41, 5.74) is 0.639. The maximum absolute atomic E-state index is 10.9. The number of aromatic hydroxyl groups is 2. The van der Waals surface area contributed by atoms with Gasteiger partial charge in [0.1, 0.15) is 11.5 Å². The number of phenolic OH excluding ortho intramolecular Hbond substituents is 2. The van der Waals surface area contributed by atoms with Crippen molar-refractivity contribution in [1.82, 2.24) is 4.90 Å². The highest BCUT2D eigenvalue weighted by atomic mass is 16.4. The van der Waals surface area contributed by atoms with Crippen molar-refractivity contribution in [1.29, 1.82) is 0 Å². The molecule has 1 unspecified atom stereocenters. The molecule has 19 heavy (non-hydrogen) atoms. The third-order valence-corrected chi connectivity index (χ3v) is 3.54. The van der Waals surface area contributed by atoms with Crippen LogP contribution in [-0.4, -0.2) is 39.3 Å². The number of hydrogen-bond donors (Lipinski definition) is 3. The highest BCUT2D eigenvalue weighted by Crippen LogP contribution is 2.35. The Morgan fingerprint density at radius 1 is 1.42 bits per heavy atom. The van der Waals surface area contributed by atoms with E-state index in [0.29, 0.717) is 11.5 Å². The molecule has 0 bridgehead atoms. The predicted molar refractivity (Wildman–Crippen MR) is 70.1 cm³/mol. The van der Waals surface area contributed by atoms with Crippen molar-refractivity contribution in [3.63, 3.8) is 0 Å². The Bertz CT molecular complexity index is 471. The van der Waals surface area contributed by atoms with Gasteiger partial charge in [0.05, 0.1) is 6.54 Å². The average molecular weight is 265 g/mol. The third kappa shape index (κ3) is 3.61. The van der Waals surface area contributed by atoms with Crippen LogP contribution < -0.4 is 0 Å². The Morgan fingerprint density at radius 2 is 2.11 bits per heavy atom. The number of carboxylic acid groups (broad SMARTS) is 1. The number of carbonyl (C=O) groups is 1. The molecule has 0 spiro atoms. The van der Waals surface area contributed by atoms with Crippen LogP contribution in [-0.2, 0) is 4.79 Å². The SMILES string of the molecule is CC(c1ccc(O)cc1O)N(CC(=O)O)CC1CC1. The first-order valence-electron chi connectivity index (χ1n) is 6.45. The number of rotatable bonds is 6. The van der Waals surface area contributed by atoms with E-state index >= 15 is 0 Å². The van der Waals surface area contributed by atoms with E-state index in [1.54, 1.807) is 6.07 Å². The molecule has 1 atom stereocenters. The average Bonchev–Trinajstić information content (AvgIpc) is 3.10. The van der Waals surface area contributed by atoms with Crippen LogP contribution in [0.3, 0.4) is 0 Å². The van der Waals surface area contributed by atoms with Crippen molar-refractivity contribution in [3.05, 3.63) is 23.8 Å². The van der Waals surface area contributed by atoms with Crippen LogP contribution >= 0.6 is 0 Å². The molecular weight excluding hydrogens is 246 g/mol. The number of carboxylic acids is 1. The van der Waals surface area contributed by atoms with E-state index in [1.165, 1.54) is 12.1 Å². The molecule has 1 aromatic carbocycles. The zero-order valence-corrected chi connectivity index (χ0v) is 10.9. The third-order valence-electron chi connectivity index (χ3n) is 3.54. The molecule has 3 N–H and O–H groups in total. The summed E-state index contributed by atoms with van der Waals surface area (Å²) in [5, 5.41) is 28.1. The first-order chi connectivity index (χ1) is 8.97. The Morgan fingerprint density at radius 3 is 2.63 bits per heavy atom. The maximum atomic E-state index is 10.9. The number of aliphatic carboxylic acids is 1. The number of benzene rings is 1. The van der Waals surface area contributed by atoms with Gasteiger partial charge >= 0.3 is 5.97 Å². The molecule has 5 heteroatoms. The standard InChI is InChI=1S/C14H19NO4/c1-9(12-5-4-11(16)6-13(12)17)15(8-14(18)19)7-10-2-3-10/h4-6,9-10,16-17H,2-3,7-8H2,1H3,(H,18,19). The van der Waals surface area contributed by atoms with Crippen molar-refractivity contribution in [3.8, 4) is 11.5 Å². The monoisotopic (exact) mass is 265 g/mol. The van der Waals surface area contributed by atoms with Gasteiger partial charge in [0.25, 0.3) is 0 Å². The van der Waals surface area contributed by atoms with Crippen LogP contribution in [0.25, 0.3) is 0 Å². The van der Waals surface area contributed by atoms with Gasteiger partial charge in [-0.15, -0.1) is 0 Å². The fourth-order valence-electron chi connectivity index (χ4n) is 2.25. The van der Waals surface area contributed by atoms with Crippen molar-refractivity contribution in [2.75, 3.05) is 13.1 Å². The van der Waals surface area contributed by atoms with E-state index < -0.39 is 5.97 Å². The van der Waals surface area contributed by atoms with Gasteiger partial charge in [0.2, 0.25) is 0 Å². The molecule has 0 radical (unpaired) electrons. The Labute approximate surface area is 112 Å². The molecule has 0 aromatic heterocycles. The van der Waals surface area contributed by atoms with Gasteiger partial charge in [-0.2, -0.15) is 0 Å². The molecule has 1 aliphatic rings. The predicted octanol–water partition coefficient (Wildman–Crippen LogP) is 1.96. The summed E-state index contributed by atoms with van der Waals surface area (Å²) in [5.74, 6) is -0.300. The first kappa shape index (κ1) is 13.7. The fourth-order valence-corrected chi connectivity index (χ4v) is 2.25. The van der Waals surface area contributed by atoms with Gasteiger partial charge in [-0.25, -0.2) is 0 Å². The lowest BCUT2D eigenvalue weighted by atomic mass is 10.0. The molecule has 104 valence electrons. The molecule has 1 aromatic rings. The van der Waals surface area contributed by atoms with Crippen LogP contribution in [0.5, 0.6) is 11.5 Å². The van der Waals surface area contributed by atoms with Crippen LogP contribution in [0.1, 0.15) is 31.4 Å². The van der Waals surface area contributed by atoms with E-state index in [4.69, 9.17) is 5.11 Å². The molecule has 0 aliphatic heterocycles. The van der Waals surface area contributed by atoms with Crippen LogP contribution in [0.2, 0.25) is 0 Å². The summed E-state index contributed by atoms with van der Waals surface area (Å²) in [6, 6.07) is 4.22. The van der Waals surface area contributed by atoms with Crippen molar-refractivity contribution in [2.45, 2.75) is 25.8 Å². The van der Waals surface area contributed by atoms with Gasteiger partial charge < -0.3 is 15.3 Å². The molecule has 1 fully saturated rings. The summed E-state index contributed by atoms with van der Waals surface area (Å²) in [6.45, 7) is 2.56. The topological polar surface area (TPSA) is 81.0 Å². The first-order valence-corrected chi connectivity index (χ1v) is 6.45. The molecule has 0 saturated heterocycles. The van der Waals surface area contributed by atoms with Crippen molar-refractivity contribution in [2.24, 2.45) is 5.92 Å². The highest BCUT2D eigenvalue weighted by Gasteiger charge is 2.29. The van der Waals surface area contributed by atoms with E-state index in [1.807, 2.05) is 11.8 Å². The van der Waals surface area contributed by atoms with Gasteiger partial charge in [0.15, 0.2) is 0 Å². The van der Waals surface area contributed by atoms with Crippen LogP contribution in [0, 0.1) is 5.92 Å². The Kier molecular flexibility index (Phi) is 3.95. The molecule has 1 aliphatic carbocycles. The lowest BCUT2D eigenvalue weighted by Gasteiger charge is -2.28. The lowest BCUT2D eigenvalue weighted by molar-refractivity contribution is -0.139. The second-order valence-electron chi connectivity index (χ2n) is 5.19. The number of nitrogens with zero attached hydrogens (tertiary/aromatic N) is 1. The van der Waals surface area contributed by atoms with E-state index in [2.05, 4.69) is 0 Å². The van der Waals surface area contributed by atoms with Crippen molar-refractivity contribution >= 4 is 5.97 Å². The van der Waals surface area contributed by atoms with Crippen LogP contribution in [0.4, 0.5) is 0 Å². The van der Waals surface area contributed by atoms with Gasteiger partial charge in [0, 0.05) is 24.2 Å². The Balaban J connectivity index is 2.16. The Hall–Kier alpha value is -1.75. The molecule has 1 saturated carbocycles. The normalized spacial score (nSPS) is 16.5. The van der Waals surface area contributed by atoms with Crippen LogP contribution in [0.15, 0.2) is 18.2 Å². The minimum atomic E-state index is -0.870. The summed E-state index contributed by atoms with van der Waals surface area (Å²) < 4.78 is 0. The zero-order chi connectivity index (χ0) is 14.0. The molecule has 0 heterocycles. The zero-order valence-electron chi connectivity index (χ0n) is 10.9. The number of phenols is 2. The largest absolute Gasteiger partial charge is 0.508 e. The second kappa shape index (κ2) is 5.48. The minimum Gasteiger partial charge on any atom is -0.508 e. The fraction of sp³-hybridized carbons (Fsp3) is 0.500. The maximum Gasteiger partial charge on any atom is 0.317 e. The van der Waals surface area contributed by atoms with Crippen molar-refractivity contribution < 1.29 is 20.1 Å². The second-order valence-corrected chi connectivity index (χ2v) is 5.19. The molecule has 5 nitrogen and oxygen atoms in total. The minimum absolute atomic E-state index is 0.000396. The molecule has 2 rings (SSSR count). The summed E-state index contributed by atoms with van der Waals surface area (Å²) in [4.78, 5) is 12.8. The molecule has 0 amide bonds. The number of hydrogen-bond acceptors (Lipinski definition) is 4. The van der Waals surface area contributed by atoms with Gasteiger partial charge in [-0.3, -0.25) is 9.69 Å². The van der Waals surface area contributed by atoms with Gasteiger partial charge in [-0.1, -0.05) is 6.07 Å². The highest BCUT2D eigenvalue weighted by molar-refractivity contribution is 5.69. The van der Waals surface area contributed by atoms with E-state index in [0.717, 1.165) is 19.4 Å². The van der Waals surface area contributed by atoms with Gasteiger partial charge in [-0.05, 0) is 31.7 Å². The summed E-state index contributed by atoms with van der Waals surface area (Å²) in [6.07, 6.45) is 2.29. The summed E-state index contributed by atoms with van der Waals surface area (Å²) in [7, 11) is 0. The summed E-state index contributed by atoms with van der Waals surface area (Å²) >= 11 is 0. The quantitative estimate of drug-likeness (QED) is 0.732. The molecular formula is C14H19NO4.